The van der Waals surface area contributed by atoms with E-state index in [9.17, 15) is 9.59 Å². The molecule has 0 aliphatic carbocycles. The summed E-state index contributed by atoms with van der Waals surface area (Å²) in [6.45, 7) is 2.25. The number of hydrogen-bond acceptors (Lipinski definition) is 4. The number of carbonyl (C=O) groups excluding carboxylic acids is 2. The minimum atomic E-state index is 0.00310. The molecule has 6 nitrogen and oxygen atoms in total. The molecular formula is C18H24N2O4. The zero-order chi connectivity index (χ0) is 16.9. The van der Waals surface area contributed by atoms with Crippen LogP contribution in [-0.2, 0) is 14.3 Å². The molecule has 0 N–H and O–H groups in total. The fourth-order valence-electron chi connectivity index (χ4n) is 3.22. The molecule has 2 aliphatic rings. The van der Waals surface area contributed by atoms with Crippen molar-refractivity contribution < 1.29 is 19.1 Å². The number of amides is 2. The fourth-order valence-corrected chi connectivity index (χ4v) is 3.22. The van der Waals surface area contributed by atoms with Crippen LogP contribution in [0.25, 0.3) is 0 Å². The van der Waals surface area contributed by atoms with Crippen LogP contribution in [0, 0.1) is 0 Å². The van der Waals surface area contributed by atoms with Crippen molar-refractivity contribution in [3.63, 3.8) is 0 Å². The van der Waals surface area contributed by atoms with Crippen LogP contribution in [0.15, 0.2) is 24.3 Å². The molecule has 6 heteroatoms. The number of carbonyl (C=O) groups is 2. The van der Waals surface area contributed by atoms with Crippen LogP contribution in [0.2, 0.25) is 0 Å². The van der Waals surface area contributed by atoms with E-state index >= 15 is 0 Å². The van der Waals surface area contributed by atoms with Gasteiger partial charge in [-0.05, 0) is 43.5 Å². The van der Waals surface area contributed by atoms with Gasteiger partial charge in [-0.25, -0.2) is 0 Å². The van der Waals surface area contributed by atoms with Crippen molar-refractivity contribution in [2.24, 2.45) is 0 Å². The quantitative estimate of drug-likeness (QED) is 0.825. The van der Waals surface area contributed by atoms with Crippen LogP contribution in [0.3, 0.4) is 0 Å². The second kappa shape index (κ2) is 7.66. The van der Waals surface area contributed by atoms with Crippen LogP contribution in [0.5, 0.6) is 5.75 Å². The van der Waals surface area contributed by atoms with Gasteiger partial charge in [0.25, 0.3) is 5.91 Å². The Kier molecular flexibility index (Phi) is 5.35. The van der Waals surface area contributed by atoms with E-state index in [1.54, 1.807) is 12.0 Å². The third kappa shape index (κ3) is 3.87. The van der Waals surface area contributed by atoms with Crippen molar-refractivity contribution in [1.82, 2.24) is 4.90 Å². The second-order valence-corrected chi connectivity index (χ2v) is 6.25. The third-order valence-electron chi connectivity index (χ3n) is 4.71. The molecule has 2 saturated heterocycles. The van der Waals surface area contributed by atoms with Crippen molar-refractivity contribution >= 4 is 17.5 Å². The summed E-state index contributed by atoms with van der Waals surface area (Å²) in [5, 5.41) is 0. The normalized spacial score (nSPS) is 19.0. The van der Waals surface area contributed by atoms with Gasteiger partial charge in [-0.1, -0.05) is 0 Å². The van der Waals surface area contributed by atoms with E-state index in [1.165, 1.54) is 0 Å². The molecule has 2 heterocycles. The van der Waals surface area contributed by atoms with E-state index < -0.39 is 0 Å². The molecule has 2 aliphatic heterocycles. The molecule has 1 aromatic rings. The molecule has 0 spiro atoms. The highest BCUT2D eigenvalue weighted by Gasteiger charge is 2.23. The van der Waals surface area contributed by atoms with Crippen LogP contribution in [0.1, 0.15) is 25.7 Å². The maximum absolute atomic E-state index is 12.2. The number of piperidine rings is 1. The summed E-state index contributed by atoms with van der Waals surface area (Å²) in [7, 11) is 1.71. The standard InChI is InChI=1S/C18H24N2O4/c1-23-15-8-11-19(12-9-15)18(22)13-24-16-6-4-14(5-7-16)20-10-2-3-17(20)21/h4-7,15H,2-3,8-13H2,1H3. The van der Waals surface area contributed by atoms with Crippen molar-refractivity contribution in [1.29, 1.82) is 0 Å². The van der Waals surface area contributed by atoms with Crippen molar-refractivity contribution in [3.05, 3.63) is 24.3 Å². The maximum Gasteiger partial charge on any atom is 0.260 e. The van der Waals surface area contributed by atoms with Gasteiger partial charge in [0, 0.05) is 38.9 Å². The lowest BCUT2D eigenvalue weighted by molar-refractivity contribution is -0.135. The molecule has 0 aromatic heterocycles. The topological polar surface area (TPSA) is 59.1 Å². The number of hydrogen-bond donors (Lipinski definition) is 0. The predicted octanol–water partition coefficient (Wildman–Crippen LogP) is 1.83. The first-order valence-corrected chi connectivity index (χ1v) is 8.51. The van der Waals surface area contributed by atoms with E-state index in [2.05, 4.69) is 0 Å². The lowest BCUT2D eigenvalue weighted by Crippen LogP contribution is -2.42. The van der Waals surface area contributed by atoms with Gasteiger partial charge in [0.1, 0.15) is 5.75 Å². The van der Waals surface area contributed by atoms with Crippen LogP contribution in [0.4, 0.5) is 5.69 Å². The molecule has 2 fully saturated rings. The largest absolute Gasteiger partial charge is 0.484 e. The molecule has 0 unspecified atom stereocenters. The predicted molar refractivity (Wildman–Crippen MR) is 90.1 cm³/mol. The van der Waals surface area contributed by atoms with Crippen molar-refractivity contribution in [2.75, 3.05) is 38.3 Å². The molecule has 3 rings (SSSR count). The Morgan fingerprint density at radius 1 is 1.17 bits per heavy atom. The SMILES string of the molecule is COC1CCN(C(=O)COc2ccc(N3CCCC3=O)cc2)CC1. The van der Waals surface area contributed by atoms with Gasteiger partial charge in [0.2, 0.25) is 5.91 Å². The zero-order valence-corrected chi connectivity index (χ0v) is 14.1. The first-order chi connectivity index (χ1) is 11.7. The molecular weight excluding hydrogens is 308 g/mol. The summed E-state index contributed by atoms with van der Waals surface area (Å²) in [6, 6.07) is 7.36. The summed E-state index contributed by atoms with van der Waals surface area (Å²) in [5.41, 5.74) is 0.887. The van der Waals surface area contributed by atoms with E-state index in [0.29, 0.717) is 12.2 Å². The highest BCUT2D eigenvalue weighted by molar-refractivity contribution is 5.95. The Balaban J connectivity index is 1.48. The molecule has 2 amide bonds. The third-order valence-corrected chi connectivity index (χ3v) is 4.71. The molecule has 130 valence electrons. The van der Waals surface area contributed by atoms with Gasteiger partial charge in [0.15, 0.2) is 6.61 Å². The van der Waals surface area contributed by atoms with Crippen molar-refractivity contribution in [3.8, 4) is 5.75 Å². The Morgan fingerprint density at radius 2 is 1.88 bits per heavy atom. The number of benzene rings is 1. The average molecular weight is 332 g/mol. The van der Waals surface area contributed by atoms with Crippen LogP contribution < -0.4 is 9.64 Å². The molecule has 1 aromatic carbocycles. The van der Waals surface area contributed by atoms with Crippen LogP contribution >= 0.6 is 0 Å². The van der Waals surface area contributed by atoms with Gasteiger partial charge in [-0.2, -0.15) is 0 Å². The molecule has 0 bridgehead atoms. The van der Waals surface area contributed by atoms with E-state index in [0.717, 1.165) is 44.6 Å². The minimum Gasteiger partial charge on any atom is -0.484 e. The summed E-state index contributed by atoms with van der Waals surface area (Å²) in [6.07, 6.45) is 3.54. The second-order valence-electron chi connectivity index (χ2n) is 6.25. The molecule has 0 radical (unpaired) electrons. The first-order valence-electron chi connectivity index (χ1n) is 8.51. The van der Waals surface area contributed by atoms with Crippen LogP contribution in [-0.4, -0.2) is 56.2 Å². The number of ether oxygens (including phenoxy) is 2. The summed E-state index contributed by atoms with van der Waals surface area (Å²) < 4.78 is 10.9. The number of likely N-dealkylation sites (tertiary alicyclic amines) is 1. The monoisotopic (exact) mass is 332 g/mol. The lowest BCUT2D eigenvalue weighted by atomic mass is 10.1. The van der Waals surface area contributed by atoms with Gasteiger partial charge < -0.3 is 19.3 Å². The zero-order valence-electron chi connectivity index (χ0n) is 14.1. The summed E-state index contributed by atoms with van der Waals surface area (Å²) >= 11 is 0. The molecule has 24 heavy (non-hydrogen) atoms. The number of nitrogens with zero attached hydrogens (tertiary/aromatic N) is 2. The molecule has 0 atom stereocenters. The Labute approximate surface area is 142 Å². The Morgan fingerprint density at radius 3 is 2.46 bits per heavy atom. The number of methoxy groups -OCH3 is 1. The Bertz CT molecular complexity index is 579. The summed E-state index contributed by atoms with van der Waals surface area (Å²) in [4.78, 5) is 27.5. The van der Waals surface area contributed by atoms with Gasteiger partial charge in [-0.3, -0.25) is 9.59 Å². The van der Waals surface area contributed by atoms with Gasteiger partial charge in [0.05, 0.1) is 6.10 Å². The van der Waals surface area contributed by atoms with Crippen molar-refractivity contribution in [2.45, 2.75) is 31.8 Å². The Hall–Kier alpha value is -2.08. The smallest absolute Gasteiger partial charge is 0.260 e. The average Bonchev–Trinajstić information content (AvgIpc) is 3.06. The fraction of sp³-hybridized carbons (Fsp3) is 0.556. The summed E-state index contributed by atoms with van der Waals surface area (Å²) in [5.74, 6) is 0.812. The highest BCUT2D eigenvalue weighted by Crippen LogP contribution is 2.24. The highest BCUT2D eigenvalue weighted by atomic mass is 16.5. The maximum atomic E-state index is 12.2. The van der Waals surface area contributed by atoms with E-state index in [1.807, 2.05) is 29.2 Å². The lowest BCUT2D eigenvalue weighted by Gasteiger charge is -2.31. The molecule has 0 saturated carbocycles. The minimum absolute atomic E-state index is 0.00310. The van der Waals surface area contributed by atoms with Gasteiger partial charge >= 0.3 is 0 Å². The first kappa shape index (κ1) is 16.8. The van der Waals surface area contributed by atoms with E-state index in [-0.39, 0.29) is 24.5 Å². The number of rotatable bonds is 5. The number of anilines is 1. The van der Waals surface area contributed by atoms with E-state index in [4.69, 9.17) is 9.47 Å². The van der Waals surface area contributed by atoms with Gasteiger partial charge in [-0.15, -0.1) is 0 Å².